The van der Waals surface area contributed by atoms with E-state index in [0.29, 0.717) is 6.54 Å². The molecule has 1 fully saturated rings. The Hall–Kier alpha value is -1.36. The molecule has 1 aromatic heterocycles. The van der Waals surface area contributed by atoms with E-state index < -0.39 is 5.97 Å². The maximum atomic E-state index is 10.9. The summed E-state index contributed by atoms with van der Waals surface area (Å²) >= 11 is 0. The van der Waals surface area contributed by atoms with Crippen molar-refractivity contribution in [2.24, 2.45) is 5.92 Å². The van der Waals surface area contributed by atoms with Crippen molar-refractivity contribution in [1.82, 2.24) is 10.1 Å². The molecule has 2 rings (SSSR count). The number of aliphatic carboxylic acids is 1. The van der Waals surface area contributed by atoms with Gasteiger partial charge in [-0.2, -0.15) is 0 Å². The Morgan fingerprint density at radius 3 is 2.71 bits per heavy atom. The van der Waals surface area contributed by atoms with Crippen molar-refractivity contribution < 1.29 is 14.4 Å². The molecule has 2 heterocycles. The van der Waals surface area contributed by atoms with Gasteiger partial charge in [-0.1, -0.05) is 25.9 Å². The van der Waals surface area contributed by atoms with Gasteiger partial charge in [-0.3, -0.25) is 9.69 Å². The van der Waals surface area contributed by atoms with Crippen molar-refractivity contribution in [3.63, 3.8) is 0 Å². The monoisotopic (exact) mass is 294 g/mol. The summed E-state index contributed by atoms with van der Waals surface area (Å²) in [6.07, 6.45) is 1.14. The first kappa shape index (κ1) is 16.0. The molecule has 0 aliphatic carbocycles. The minimum atomic E-state index is -0.715. The molecule has 1 aromatic rings. The average Bonchev–Trinajstić information content (AvgIpc) is 2.83. The highest BCUT2D eigenvalue weighted by Gasteiger charge is 2.39. The predicted octanol–water partition coefficient (Wildman–Crippen LogP) is 3.05. The van der Waals surface area contributed by atoms with Crippen LogP contribution in [-0.4, -0.2) is 33.2 Å². The molecule has 5 nitrogen and oxygen atoms in total. The van der Waals surface area contributed by atoms with Crippen LogP contribution in [0, 0.1) is 5.92 Å². The molecule has 0 aromatic carbocycles. The highest BCUT2D eigenvalue weighted by molar-refractivity contribution is 5.67. The first-order valence-electron chi connectivity index (χ1n) is 7.51. The van der Waals surface area contributed by atoms with Crippen LogP contribution in [0.1, 0.15) is 58.9 Å². The molecule has 0 spiro atoms. The van der Waals surface area contributed by atoms with Crippen LogP contribution in [0.2, 0.25) is 0 Å². The molecule has 1 aliphatic rings. The van der Waals surface area contributed by atoms with Gasteiger partial charge in [0, 0.05) is 30.0 Å². The van der Waals surface area contributed by atoms with Crippen molar-refractivity contribution in [3.05, 3.63) is 17.5 Å². The lowest BCUT2D eigenvalue weighted by atomic mass is 9.92. The Morgan fingerprint density at radius 2 is 2.19 bits per heavy atom. The largest absolute Gasteiger partial charge is 0.481 e. The van der Waals surface area contributed by atoms with Gasteiger partial charge >= 0.3 is 5.97 Å². The van der Waals surface area contributed by atoms with Crippen molar-refractivity contribution in [2.75, 3.05) is 6.54 Å². The zero-order valence-corrected chi connectivity index (χ0v) is 13.6. The molecule has 118 valence electrons. The molecule has 1 aliphatic heterocycles. The predicted molar refractivity (Wildman–Crippen MR) is 80.1 cm³/mol. The average molecular weight is 294 g/mol. The summed E-state index contributed by atoms with van der Waals surface area (Å²) in [6, 6.07) is 2.01. The number of carboxylic acids is 1. The normalized spacial score (nSPS) is 22.6. The summed E-state index contributed by atoms with van der Waals surface area (Å²) < 4.78 is 5.45. The summed E-state index contributed by atoms with van der Waals surface area (Å²) in [5, 5.41) is 13.1. The lowest BCUT2D eigenvalue weighted by molar-refractivity contribution is -0.138. The third kappa shape index (κ3) is 3.84. The molecule has 0 amide bonds. The standard InChI is InChI=1S/C16H26N2O3/c1-15(2,3)13-7-12(21-17-13)10-18-9-11(6-14(19)20)8-16(18,4)5/h7,11H,6,8-10H2,1-5H3,(H,19,20). The Morgan fingerprint density at radius 1 is 1.52 bits per heavy atom. The fraction of sp³-hybridized carbons (Fsp3) is 0.750. The van der Waals surface area contributed by atoms with Crippen LogP contribution in [0.3, 0.4) is 0 Å². The topological polar surface area (TPSA) is 66.6 Å². The minimum absolute atomic E-state index is 0.00516. The van der Waals surface area contributed by atoms with Gasteiger partial charge in [0.2, 0.25) is 0 Å². The second kappa shape index (κ2) is 5.44. The molecule has 5 heteroatoms. The van der Waals surface area contributed by atoms with Gasteiger partial charge < -0.3 is 9.63 Å². The molecule has 0 bridgehead atoms. The van der Waals surface area contributed by atoms with E-state index in [2.05, 4.69) is 44.7 Å². The van der Waals surface area contributed by atoms with E-state index in [1.165, 1.54) is 0 Å². The molecule has 0 radical (unpaired) electrons. The SMILES string of the molecule is CC(C)(C)c1cc(CN2CC(CC(=O)O)CC2(C)C)on1. The third-order valence-corrected chi connectivity index (χ3v) is 4.26. The van der Waals surface area contributed by atoms with Crippen molar-refractivity contribution in [1.29, 1.82) is 0 Å². The van der Waals surface area contributed by atoms with Crippen LogP contribution in [0.15, 0.2) is 10.6 Å². The van der Waals surface area contributed by atoms with Crippen molar-refractivity contribution in [2.45, 2.75) is 65.0 Å². The second-order valence-electron chi connectivity index (χ2n) is 7.79. The molecule has 21 heavy (non-hydrogen) atoms. The summed E-state index contributed by atoms with van der Waals surface area (Å²) in [7, 11) is 0. The van der Waals surface area contributed by atoms with E-state index >= 15 is 0 Å². The third-order valence-electron chi connectivity index (χ3n) is 4.26. The molecular formula is C16H26N2O3. The zero-order chi connectivity index (χ0) is 15.8. The molecule has 1 unspecified atom stereocenters. The van der Waals surface area contributed by atoms with E-state index in [9.17, 15) is 4.79 Å². The van der Waals surface area contributed by atoms with Gasteiger partial charge in [0.05, 0.1) is 12.2 Å². The lowest BCUT2D eigenvalue weighted by Crippen LogP contribution is -2.37. The summed E-state index contributed by atoms with van der Waals surface area (Å²) in [6.45, 7) is 12.1. The number of hydrogen-bond donors (Lipinski definition) is 1. The van der Waals surface area contributed by atoms with E-state index in [1.807, 2.05) is 6.07 Å². The number of aromatic nitrogens is 1. The van der Waals surface area contributed by atoms with Gasteiger partial charge in [0.25, 0.3) is 0 Å². The van der Waals surface area contributed by atoms with E-state index in [0.717, 1.165) is 24.4 Å². The number of likely N-dealkylation sites (tertiary alicyclic amines) is 1. The maximum absolute atomic E-state index is 10.9. The molecule has 1 N–H and O–H groups in total. The first-order chi connectivity index (χ1) is 9.58. The van der Waals surface area contributed by atoms with Gasteiger partial charge in [0.15, 0.2) is 5.76 Å². The van der Waals surface area contributed by atoms with Gasteiger partial charge in [-0.15, -0.1) is 0 Å². The number of hydrogen-bond acceptors (Lipinski definition) is 4. The van der Waals surface area contributed by atoms with E-state index in [1.54, 1.807) is 0 Å². The Kier molecular flexibility index (Phi) is 4.15. The fourth-order valence-corrected chi connectivity index (χ4v) is 3.05. The van der Waals surface area contributed by atoms with Crippen LogP contribution in [0.5, 0.6) is 0 Å². The number of rotatable bonds is 4. The van der Waals surface area contributed by atoms with Crippen LogP contribution in [0.4, 0.5) is 0 Å². The molecule has 0 saturated carbocycles. The molecule has 1 atom stereocenters. The molecular weight excluding hydrogens is 268 g/mol. The molecule has 1 saturated heterocycles. The maximum Gasteiger partial charge on any atom is 0.303 e. The van der Waals surface area contributed by atoms with Crippen LogP contribution < -0.4 is 0 Å². The van der Waals surface area contributed by atoms with Gasteiger partial charge in [-0.25, -0.2) is 0 Å². The Balaban J connectivity index is 2.05. The van der Waals surface area contributed by atoms with E-state index in [4.69, 9.17) is 9.63 Å². The smallest absolute Gasteiger partial charge is 0.303 e. The van der Waals surface area contributed by atoms with Crippen molar-refractivity contribution >= 4 is 5.97 Å². The highest BCUT2D eigenvalue weighted by atomic mass is 16.5. The van der Waals surface area contributed by atoms with Crippen LogP contribution in [0.25, 0.3) is 0 Å². The summed E-state index contributed by atoms with van der Waals surface area (Å²) in [5.41, 5.74) is 0.930. The number of nitrogens with zero attached hydrogens (tertiary/aromatic N) is 2. The van der Waals surface area contributed by atoms with Gasteiger partial charge in [0.1, 0.15) is 0 Å². The van der Waals surface area contributed by atoms with E-state index in [-0.39, 0.29) is 23.3 Å². The second-order valence-corrected chi connectivity index (χ2v) is 7.79. The Bertz CT molecular complexity index is 514. The van der Waals surface area contributed by atoms with Crippen molar-refractivity contribution in [3.8, 4) is 0 Å². The lowest BCUT2D eigenvalue weighted by Gasteiger charge is -2.30. The highest BCUT2D eigenvalue weighted by Crippen LogP contribution is 2.35. The van der Waals surface area contributed by atoms with Gasteiger partial charge in [-0.05, 0) is 26.2 Å². The first-order valence-corrected chi connectivity index (χ1v) is 7.51. The zero-order valence-electron chi connectivity index (χ0n) is 13.6. The minimum Gasteiger partial charge on any atom is -0.481 e. The summed E-state index contributed by atoms with van der Waals surface area (Å²) in [5.74, 6) is 0.346. The fourth-order valence-electron chi connectivity index (χ4n) is 3.05. The van der Waals surface area contributed by atoms with Crippen LogP contribution in [-0.2, 0) is 16.8 Å². The number of carbonyl (C=O) groups is 1. The Labute approximate surface area is 126 Å². The quantitative estimate of drug-likeness (QED) is 0.924. The summed E-state index contributed by atoms with van der Waals surface area (Å²) in [4.78, 5) is 13.2. The number of carboxylic acid groups (broad SMARTS) is 1. The van der Waals surface area contributed by atoms with Crippen LogP contribution >= 0.6 is 0 Å².